The summed E-state index contributed by atoms with van der Waals surface area (Å²) in [5, 5.41) is 31.5. The molecule has 2 saturated heterocycles. The average Bonchev–Trinajstić information content (AvgIpc) is 4.13. The second kappa shape index (κ2) is 25.0. The van der Waals surface area contributed by atoms with Crippen molar-refractivity contribution in [1.29, 1.82) is 0 Å². The third-order valence-corrected chi connectivity index (χ3v) is 16.0. The Morgan fingerprint density at radius 1 is 0.613 bits per heavy atom. The fraction of sp³-hybridized carbons (Fsp3) is 0.321. The van der Waals surface area contributed by atoms with Crippen molar-refractivity contribution in [3.63, 3.8) is 0 Å². The van der Waals surface area contributed by atoms with Crippen LogP contribution >= 0.6 is 69.0 Å². The second-order valence-corrected chi connectivity index (χ2v) is 20.5. The van der Waals surface area contributed by atoms with Crippen molar-refractivity contribution in [2.75, 3.05) is 76.4 Å². The lowest BCUT2D eigenvalue weighted by Crippen LogP contribution is -2.49. The maximum atomic E-state index is 13.1. The summed E-state index contributed by atoms with van der Waals surface area (Å²) in [5.41, 5.74) is 8.04. The number of benzene rings is 4. The predicted octanol–water partition coefficient (Wildman–Crippen LogP) is 8.97. The lowest BCUT2D eigenvalue weighted by Gasteiger charge is -2.36. The van der Waals surface area contributed by atoms with Crippen LogP contribution < -0.4 is 24.7 Å². The molecule has 2 aliphatic rings. The molecule has 10 rings (SSSR count). The maximum absolute atomic E-state index is 13.1. The van der Waals surface area contributed by atoms with Crippen molar-refractivity contribution in [3.05, 3.63) is 133 Å². The standard InChI is InChI=1S/C26H27Cl2N5O2.C17H19Cl2IN4O2.C9H10BNO2.CH4/c1-17-25(28)26(19-5-4-18-8-9-30(2)22(18)14-19)29-33(17)16-24(34)32-12-10-31(11-13-32)20-6-7-21(27)23(15-20)35-3;1-11-16(19)17(20)21-24(11)10-15(25)23-7-5-22(6-8-23)12-3-4-13(18)14(9-12)26-2;1-11-5-4-7-6-8(10(12)13)2-3-9(7)11;/h4-9,14-15H,10-13,16H2,1-3H3;3-4,9H,5-8,10H2,1-2H3;2-6,12-13H,1H3;1H4. The Morgan fingerprint density at radius 3 is 1.60 bits per heavy atom. The molecule has 0 atom stereocenters. The highest BCUT2D eigenvalue weighted by molar-refractivity contribution is 14.1. The van der Waals surface area contributed by atoms with Crippen molar-refractivity contribution in [2.24, 2.45) is 14.1 Å². The van der Waals surface area contributed by atoms with Crippen LogP contribution in [0.4, 0.5) is 11.4 Å². The molecule has 4 aromatic carbocycles. The number of aryl methyl sites for hydroxylation is 2. The number of halogens is 5. The molecular formula is C53H60BCl4IN10O6. The predicted molar refractivity (Wildman–Crippen MR) is 312 cm³/mol. The molecule has 0 aliphatic carbocycles. The van der Waals surface area contributed by atoms with E-state index in [-0.39, 0.29) is 32.3 Å². The number of amides is 2. The van der Waals surface area contributed by atoms with Crippen LogP contribution in [0.1, 0.15) is 18.8 Å². The van der Waals surface area contributed by atoms with Gasteiger partial charge >= 0.3 is 7.12 Å². The Balaban J connectivity index is 0.000000179. The monoisotopic (exact) mass is 1210 g/mol. The fourth-order valence-corrected chi connectivity index (χ4v) is 10.4. The van der Waals surface area contributed by atoms with E-state index in [1.54, 1.807) is 35.7 Å². The van der Waals surface area contributed by atoms with Gasteiger partial charge in [-0.1, -0.05) is 78.1 Å². The molecule has 75 heavy (non-hydrogen) atoms. The van der Waals surface area contributed by atoms with Crippen LogP contribution in [-0.2, 0) is 36.8 Å². The molecule has 2 aliphatic heterocycles. The normalized spacial score (nSPS) is 13.5. The fourth-order valence-electron chi connectivity index (χ4n) is 8.95. The highest BCUT2D eigenvalue weighted by Crippen LogP contribution is 2.34. The number of methoxy groups -OCH3 is 2. The Hall–Kier alpha value is -5.61. The molecular weight excluding hydrogens is 1150 g/mol. The Labute approximate surface area is 471 Å². The molecule has 4 aromatic heterocycles. The first-order chi connectivity index (χ1) is 35.4. The molecule has 22 heteroatoms. The summed E-state index contributed by atoms with van der Waals surface area (Å²) in [6.45, 7) is 9.72. The first-order valence-corrected chi connectivity index (χ1v) is 26.3. The molecule has 6 heterocycles. The number of hydrogen-bond donors (Lipinski definition) is 2. The molecule has 0 unspecified atom stereocenters. The second-order valence-electron chi connectivity index (χ2n) is 17.9. The minimum Gasteiger partial charge on any atom is -0.495 e. The molecule has 2 amide bonds. The van der Waals surface area contributed by atoms with Gasteiger partial charge in [0.2, 0.25) is 11.8 Å². The third kappa shape index (κ3) is 13.0. The van der Waals surface area contributed by atoms with E-state index in [4.69, 9.17) is 71.0 Å². The largest absolute Gasteiger partial charge is 0.495 e. The van der Waals surface area contributed by atoms with E-state index in [0.717, 1.165) is 80.0 Å². The van der Waals surface area contributed by atoms with Gasteiger partial charge in [-0.25, -0.2) is 0 Å². The van der Waals surface area contributed by atoms with Crippen LogP contribution in [0.5, 0.6) is 11.5 Å². The van der Waals surface area contributed by atoms with Gasteiger partial charge in [0.1, 0.15) is 34.0 Å². The van der Waals surface area contributed by atoms with Gasteiger partial charge in [0, 0.05) is 119 Å². The summed E-state index contributed by atoms with van der Waals surface area (Å²) >= 11 is 27.1. The molecule has 396 valence electrons. The smallest absolute Gasteiger partial charge is 0.488 e. The zero-order valence-corrected chi connectivity index (χ0v) is 47.0. The first-order valence-electron chi connectivity index (χ1n) is 23.7. The molecule has 2 fully saturated rings. The van der Waals surface area contributed by atoms with Crippen LogP contribution in [0, 0.1) is 17.5 Å². The zero-order chi connectivity index (χ0) is 53.0. The van der Waals surface area contributed by atoms with Gasteiger partial charge in [-0.3, -0.25) is 19.0 Å². The van der Waals surface area contributed by atoms with E-state index < -0.39 is 7.12 Å². The summed E-state index contributed by atoms with van der Waals surface area (Å²) in [4.78, 5) is 33.9. The van der Waals surface area contributed by atoms with Gasteiger partial charge < -0.3 is 48.3 Å². The minimum atomic E-state index is -1.38. The lowest BCUT2D eigenvalue weighted by molar-refractivity contribution is -0.133. The number of fused-ring (bicyclic) bond motifs is 2. The minimum absolute atomic E-state index is 0. The van der Waals surface area contributed by atoms with E-state index in [1.165, 1.54) is 0 Å². The number of carbonyl (C=O) groups excluding carboxylic acids is 2. The number of carbonyl (C=O) groups is 2. The van der Waals surface area contributed by atoms with E-state index in [9.17, 15) is 9.59 Å². The van der Waals surface area contributed by atoms with Gasteiger partial charge in [-0.2, -0.15) is 10.2 Å². The highest BCUT2D eigenvalue weighted by Gasteiger charge is 2.26. The van der Waals surface area contributed by atoms with Crippen molar-refractivity contribution in [2.45, 2.75) is 34.4 Å². The molecule has 0 bridgehead atoms. The number of nitrogens with zero attached hydrogens (tertiary/aromatic N) is 10. The van der Waals surface area contributed by atoms with E-state index >= 15 is 0 Å². The Kier molecular flexibility index (Phi) is 19.1. The number of rotatable bonds is 10. The number of aromatic nitrogens is 6. The van der Waals surface area contributed by atoms with Crippen LogP contribution in [0.15, 0.2) is 97.3 Å². The van der Waals surface area contributed by atoms with Gasteiger partial charge in [0.25, 0.3) is 0 Å². The first kappa shape index (κ1) is 57.1. The number of piperazine rings is 2. The topological polar surface area (TPSA) is 152 Å². The quantitative estimate of drug-likeness (QED) is 0.100. The summed E-state index contributed by atoms with van der Waals surface area (Å²) in [5.74, 6) is 1.39. The van der Waals surface area contributed by atoms with Crippen molar-refractivity contribution < 1.29 is 29.1 Å². The van der Waals surface area contributed by atoms with Gasteiger partial charge in [-0.15, -0.1) is 0 Å². The van der Waals surface area contributed by atoms with Crippen LogP contribution in [0.2, 0.25) is 20.1 Å². The summed E-state index contributed by atoms with van der Waals surface area (Å²) in [6.07, 6.45) is 3.97. The molecule has 0 saturated carbocycles. The van der Waals surface area contributed by atoms with Crippen molar-refractivity contribution in [3.8, 4) is 22.8 Å². The molecule has 8 aromatic rings. The van der Waals surface area contributed by atoms with E-state index in [2.05, 4.69) is 60.3 Å². The van der Waals surface area contributed by atoms with E-state index in [1.807, 2.05) is 109 Å². The molecule has 0 spiro atoms. The summed E-state index contributed by atoms with van der Waals surface area (Å²) < 4.78 is 18.8. The number of anilines is 2. The van der Waals surface area contributed by atoms with Gasteiger partial charge in [0.05, 0.1) is 45.7 Å². The lowest BCUT2D eigenvalue weighted by atomic mass is 9.80. The third-order valence-electron chi connectivity index (χ3n) is 13.4. The van der Waals surface area contributed by atoms with Crippen molar-refractivity contribution in [1.82, 2.24) is 38.5 Å². The van der Waals surface area contributed by atoms with Gasteiger partial charge in [0.15, 0.2) is 0 Å². The molecule has 16 nitrogen and oxygen atoms in total. The van der Waals surface area contributed by atoms with E-state index in [0.29, 0.717) is 68.9 Å². The Morgan fingerprint density at radius 2 is 1.11 bits per heavy atom. The van der Waals surface area contributed by atoms with Gasteiger partial charge in [-0.05, 0) is 101 Å². The van der Waals surface area contributed by atoms with Crippen molar-refractivity contribution >= 4 is 127 Å². The maximum Gasteiger partial charge on any atom is 0.488 e. The van der Waals surface area contributed by atoms with Crippen LogP contribution in [0.3, 0.4) is 0 Å². The number of hydrogen-bond acceptors (Lipinski definition) is 10. The Bertz CT molecular complexity index is 3310. The number of ether oxygens (including phenoxy) is 2. The summed E-state index contributed by atoms with van der Waals surface area (Å²) in [7, 11) is 5.80. The molecule has 0 radical (unpaired) electrons. The average molecular weight is 1210 g/mol. The zero-order valence-electron chi connectivity index (χ0n) is 41.8. The highest BCUT2D eigenvalue weighted by atomic mass is 127. The molecule has 2 N–H and O–H groups in total. The van der Waals surface area contributed by atoms with Crippen LogP contribution in [-0.4, -0.2) is 134 Å². The SMILES string of the molecule is C.COc1cc(N2CCN(C(=O)Cn3nc(-c4ccc5ccn(C)c5c4)c(Cl)c3C)CC2)ccc1Cl.COc1cc(N2CCN(C(=O)Cn3nc(I)c(Cl)c3C)CC2)ccc1Cl.Cn1ccc2cc(B(O)O)ccc21. The van der Waals surface area contributed by atoms with Crippen LogP contribution in [0.25, 0.3) is 33.1 Å². The summed E-state index contributed by atoms with van der Waals surface area (Å²) in [6, 6.07) is 27.0.